The average Bonchev–Trinajstić information content (AvgIpc) is 3.78. The van der Waals surface area contributed by atoms with E-state index < -0.39 is 0 Å². The minimum Gasteiger partial charge on any atom is -0.310 e. The molecule has 0 fully saturated rings. The van der Waals surface area contributed by atoms with Crippen molar-refractivity contribution in [2.45, 2.75) is 32.1 Å². The van der Waals surface area contributed by atoms with Gasteiger partial charge in [0, 0.05) is 28.4 Å². The lowest BCUT2D eigenvalue weighted by Crippen LogP contribution is -2.15. The number of anilines is 3. The molecule has 0 amide bonds. The minimum absolute atomic E-state index is 0.127. The molecule has 0 saturated heterocycles. The van der Waals surface area contributed by atoms with E-state index in [4.69, 9.17) is 0 Å². The second-order valence-corrected chi connectivity index (χ2v) is 18.5. The summed E-state index contributed by atoms with van der Waals surface area (Å²) in [7, 11) is 0. The first-order valence-electron chi connectivity index (χ1n) is 23.2. The Morgan fingerprint density at radius 2 is 0.682 bits per heavy atom. The van der Waals surface area contributed by atoms with E-state index in [0.29, 0.717) is 0 Å². The molecule has 0 radical (unpaired) electrons. The van der Waals surface area contributed by atoms with Crippen LogP contribution in [0, 0.1) is 0 Å². The molecule has 2 aliphatic carbocycles. The molecular formula is C65H49N. The number of rotatable bonds is 8. The molecule has 0 aromatic heterocycles. The second kappa shape index (κ2) is 15.9. The Bertz CT molecular complexity index is 3300. The Kier molecular flexibility index (Phi) is 9.54. The number of nitrogens with zero attached hydrogens (tertiary/aromatic N) is 1. The molecule has 0 aliphatic heterocycles. The van der Waals surface area contributed by atoms with E-state index in [0.717, 1.165) is 17.1 Å². The molecule has 2 aliphatic rings. The molecule has 1 unspecified atom stereocenters. The smallest absolute Gasteiger partial charge is 0.0468 e. The van der Waals surface area contributed by atoms with Crippen LogP contribution < -0.4 is 4.90 Å². The molecule has 0 N–H and O–H groups in total. The first-order chi connectivity index (χ1) is 32.4. The van der Waals surface area contributed by atoms with E-state index in [-0.39, 0.29) is 11.3 Å². The standard InChI is InChI=1S/C65H49N/c1-43-57-38-50(32-36-55(57)61-42-64-62(41-58(43)61)56-33-29-49(37-63(56)65(64,2)3)44-19-9-4-10-20-44)66(51-30-34-53(45-21-11-5-12-22-45)59(39-51)47-25-15-7-16-26-47)52-31-35-54(46-23-13-6-14-24-46)60(40-52)48-27-17-8-18-28-48/h4-43H,1-3H3. The van der Waals surface area contributed by atoms with E-state index in [1.54, 1.807) is 0 Å². The minimum atomic E-state index is -0.127. The van der Waals surface area contributed by atoms with Crippen LogP contribution in [0.25, 0.3) is 77.9 Å². The molecule has 12 rings (SSSR count). The largest absolute Gasteiger partial charge is 0.310 e. The summed E-state index contributed by atoms with van der Waals surface area (Å²) in [6.45, 7) is 7.20. The summed E-state index contributed by atoms with van der Waals surface area (Å²) in [5.74, 6) is 0.221. The molecule has 0 spiro atoms. The van der Waals surface area contributed by atoms with Crippen molar-refractivity contribution in [3.05, 3.63) is 259 Å². The van der Waals surface area contributed by atoms with Gasteiger partial charge in [0.05, 0.1) is 0 Å². The van der Waals surface area contributed by atoms with Crippen molar-refractivity contribution in [2.24, 2.45) is 0 Å². The van der Waals surface area contributed by atoms with Gasteiger partial charge in [-0.25, -0.2) is 0 Å². The highest BCUT2D eigenvalue weighted by molar-refractivity contribution is 5.94. The van der Waals surface area contributed by atoms with E-state index in [2.05, 4.69) is 262 Å². The van der Waals surface area contributed by atoms with Crippen LogP contribution >= 0.6 is 0 Å². The molecule has 0 saturated carbocycles. The SMILES string of the molecule is CC1c2cc(N(c3ccc(-c4ccccc4)c(-c4ccccc4)c3)c3ccc(-c4ccccc4)c(-c4ccccc4)c3)ccc2-c2cc3c(cc21)-c1ccc(-c2ccccc2)cc1C3(C)C. The average molecular weight is 844 g/mol. The maximum atomic E-state index is 2.52. The fourth-order valence-corrected chi connectivity index (χ4v) is 10.9. The van der Waals surface area contributed by atoms with Crippen molar-refractivity contribution in [1.29, 1.82) is 0 Å². The summed E-state index contributed by atoms with van der Waals surface area (Å²) in [5, 5.41) is 0. The number of benzene rings is 10. The van der Waals surface area contributed by atoms with Gasteiger partial charge in [0.1, 0.15) is 0 Å². The van der Waals surface area contributed by atoms with Crippen LogP contribution in [0.1, 0.15) is 48.9 Å². The lowest BCUT2D eigenvalue weighted by atomic mass is 9.80. The third-order valence-corrected chi connectivity index (χ3v) is 14.3. The molecule has 1 heteroatoms. The number of hydrogen-bond acceptors (Lipinski definition) is 1. The Morgan fingerprint density at radius 3 is 1.18 bits per heavy atom. The Hall–Kier alpha value is -8.00. The van der Waals surface area contributed by atoms with Crippen LogP contribution in [0.4, 0.5) is 17.1 Å². The highest BCUT2D eigenvalue weighted by atomic mass is 15.1. The monoisotopic (exact) mass is 843 g/mol. The van der Waals surface area contributed by atoms with Crippen molar-refractivity contribution in [3.8, 4) is 77.9 Å². The summed E-state index contributed by atoms with van der Waals surface area (Å²) in [4.78, 5) is 2.47. The van der Waals surface area contributed by atoms with Gasteiger partial charge < -0.3 is 4.90 Å². The van der Waals surface area contributed by atoms with Gasteiger partial charge in [-0.2, -0.15) is 0 Å². The van der Waals surface area contributed by atoms with Crippen LogP contribution in [0.3, 0.4) is 0 Å². The summed E-state index contributed by atoms with van der Waals surface area (Å²) in [6.07, 6.45) is 0. The molecule has 1 atom stereocenters. The molecule has 10 aromatic rings. The zero-order chi connectivity index (χ0) is 44.4. The van der Waals surface area contributed by atoms with Crippen LogP contribution in [-0.4, -0.2) is 0 Å². The van der Waals surface area contributed by atoms with Crippen LogP contribution in [0.15, 0.2) is 237 Å². The third-order valence-electron chi connectivity index (χ3n) is 14.3. The van der Waals surface area contributed by atoms with Crippen molar-refractivity contribution >= 4 is 17.1 Å². The molecule has 314 valence electrons. The molecule has 0 heterocycles. The second-order valence-electron chi connectivity index (χ2n) is 18.5. The molecule has 66 heavy (non-hydrogen) atoms. The topological polar surface area (TPSA) is 3.24 Å². The van der Waals surface area contributed by atoms with Gasteiger partial charge in [-0.1, -0.05) is 203 Å². The number of hydrogen-bond donors (Lipinski definition) is 0. The zero-order valence-corrected chi connectivity index (χ0v) is 37.5. The van der Waals surface area contributed by atoms with E-state index in [1.165, 1.54) is 100 Å². The van der Waals surface area contributed by atoms with Gasteiger partial charge in [-0.15, -0.1) is 0 Å². The van der Waals surface area contributed by atoms with Crippen molar-refractivity contribution in [2.75, 3.05) is 4.90 Å². The van der Waals surface area contributed by atoms with Gasteiger partial charge in [0.15, 0.2) is 0 Å². The van der Waals surface area contributed by atoms with Gasteiger partial charge in [-0.05, 0) is 155 Å². The predicted molar refractivity (Wildman–Crippen MR) is 279 cm³/mol. The lowest BCUT2D eigenvalue weighted by molar-refractivity contribution is 0.660. The molecule has 10 aromatic carbocycles. The highest BCUT2D eigenvalue weighted by Gasteiger charge is 2.39. The molecule has 1 nitrogen and oxygen atoms in total. The summed E-state index contributed by atoms with van der Waals surface area (Å²) in [5.41, 5.74) is 26.3. The van der Waals surface area contributed by atoms with E-state index in [9.17, 15) is 0 Å². The van der Waals surface area contributed by atoms with Crippen molar-refractivity contribution in [3.63, 3.8) is 0 Å². The lowest BCUT2D eigenvalue weighted by Gasteiger charge is -2.29. The summed E-state index contributed by atoms with van der Waals surface area (Å²) >= 11 is 0. The van der Waals surface area contributed by atoms with Crippen LogP contribution in [0.5, 0.6) is 0 Å². The van der Waals surface area contributed by atoms with Gasteiger partial charge in [0.2, 0.25) is 0 Å². The van der Waals surface area contributed by atoms with Gasteiger partial charge >= 0.3 is 0 Å². The van der Waals surface area contributed by atoms with Gasteiger partial charge in [-0.3, -0.25) is 0 Å². The maximum absolute atomic E-state index is 2.52. The molecule has 0 bridgehead atoms. The zero-order valence-electron chi connectivity index (χ0n) is 37.5. The van der Waals surface area contributed by atoms with Crippen LogP contribution in [-0.2, 0) is 5.41 Å². The van der Waals surface area contributed by atoms with Gasteiger partial charge in [0.25, 0.3) is 0 Å². The van der Waals surface area contributed by atoms with Crippen LogP contribution in [0.2, 0.25) is 0 Å². The first kappa shape index (κ1) is 39.6. The molecular weight excluding hydrogens is 795 g/mol. The van der Waals surface area contributed by atoms with E-state index >= 15 is 0 Å². The quantitative estimate of drug-likeness (QED) is 0.147. The van der Waals surface area contributed by atoms with Crippen molar-refractivity contribution < 1.29 is 0 Å². The fourth-order valence-electron chi connectivity index (χ4n) is 10.9. The predicted octanol–water partition coefficient (Wildman–Crippen LogP) is 17.9. The maximum Gasteiger partial charge on any atom is 0.0468 e. The van der Waals surface area contributed by atoms with E-state index in [1.807, 2.05) is 0 Å². The normalized spacial score (nSPS) is 14.0. The Morgan fingerprint density at radius 1 is 0.288 bits per heavy atom. The first-order valence-corrected chi connectivity index (χ1v) is 23.2. The van der Waals surface area contributed by atoms with Crippen molar-refractivity contribution in [1.82, 2.24) is 0 Å². The number of fused-ring (bicyclic) bond motifs is 6. The Balaban J connectivity index is 1.02. The highest BCUT2D eigenvalue weighted by Crippen LogP contribution is 2.56. The Labute approximate surface area is 389 Å². The summed E-state index contributed by atoms with van der Waals surface area (Å²) in [6, 6.07) is 87.3. The third kappa shape index (κ3) is 6.62. The fraction of sp³-hybridized carbons (Fsp3) is 0.0769. The summed E-state index contributed by atoms with van der Waals surface area (Å²) < 4.78 is 0.